The fraction of sp³-hybridized carbons (Fsp3) is 1.00. The molecule has 0 aromatic rings. The number of nitrogens with one attached hydrogen (secondary N) is 1. The third-order valence-corrected chi connectivity index (χ3v) is 2.45. The zero-order valence-corrected chi connectivity index (χ0v) is 11.4. The van der Waals surface area contributed by atoms with Crippen molar-refractivity contribution < 1.29 is 0 Å². The van der Waals surface area contributed by atoms with Crippen LogP contribution in [0.5, 0.6) is 0 Å². The first-order valence-corrected chi connectivity index (χ1v) is 5.88. The standard InChI is InChI=1S/C12H29N3/c1-11(2,3)15(12(4,5)6)10-9-14-8-7-13/h14H,7-10,13H2,1-6H3. The lowest BCUT2D eigenvalue weighted by atomic mass is 9.96. The van der Waals surface area contributed by atoms with Gasteiger partial charge in [-0.3, -0.25) is 4.90 Å². The average molecular weight is 215 g/mol. The summed E-state index contributed by atoms with van der Waals surface area (Å²) in [6.45, 7) is 17.3. The highest BCUT2D eigenvalue weighted by Gasteiger charge is 2.30. The Bertz CT molecular complexity index is 151. The Labute approximate surface area is 95.4 Å². The van der Waals surface area contributed by atoms with Crippen LogP contribution >= 0.6 is 0 Å². The summed E-state index contributed by atoms with van der Waals surface area (Å²) in [5.41, 5.74) is 5.86. The maximum absolute atomic E-state index is 5.44. The molecular formula is C12H29N3. The quantitative estimate of drug-likeness (QED) is 0.682. The van der Waals surface area contributed by atoms with Crippen molar-refractivity contribution in [2.45, 2.75) is 52.6 Å². The Morgan fingerprint density at radius 3 is 1.73 bits per heavy atom. The van der Waals surface area contributed by atoms with Crippen LogP contribution in [0.1, 0.15) is 41.5 Å². The van der Waals surface area contributed by atoms with Crippen molar-refractivity contribution in [1.82, 2.24) is 10.2 Å². The van der Waals surface area contributed by atoms with Gasteiger partial charge in [0.25, 0.3) is 0 Å². The lowest BCUT2D eigenvalue weighted by Crippen LogP contribution is -2.54. The minimum absolute atomic E-state index is 0.211. The SMILES string of the molecule is CC(C)(C)N(CCNCCN)C(C)(C)C. The largest absolute Gasteiger partial charge is 0.329 e. The van der Waals surface area contributed by atoms with Gasteiger partial charge in [-0.05, 0) is 41.5 Å². The molecule has 92 valence electrons. The van der Waals surface area contributed by atoms with E-state index in [4.69, 9.17) is 5.73 Å². The molecule has 0 unspecified atom stereocenters. The molecule has 0 heterocycles. The normalized spacial score (nSPS) is 13.6. The predicted molar refractivity (Wildman–Crippen MR) is 68.1 cm³/mol. The van der Waals surface area contributed by atoms with E-state index in [1.165, 1.54) is 0 Å². The Morgan fingerprint density at radius 2 is 1.40 bits per heavy atom. The third-order valence-electron chi connectivity index (χ3n) is 2.45. The summed E-state index contributed by atoms with van der Waals surface area (Å²) in [5.74, 6) is 0. The summed E-state index contributed by atoms with van der Waals surface area (Å²) in [6, 6.07) is 0. The lowest BCUT2D eigenvalue weighted by molar-refractivity contribution is 0.0398. The maximum Gasteiger partial charge on any atom is 0.0130 e. The van der Waals surface area contributed by atoms with Crippen molar-refractivity contribution in [3.8, 4) is 0 Å². The second-order valence-corrected chi connectivity index (χ2v) is 6.03. The van der Waals surface area contributed by atoms with Crippen LogP contribution in [-0.2, 0) is 0 Å². The molecule has 0 aromatic carbocycles. The van der Waals surface area contributed by atoms with Gasteiger partial charge < -0.3 is 11.1 Å². The van der Waals surface area contributed by atoms with Crippen molar-refractivity contribution in [3.05, 3.63) is 0 Å². The van der Waals surface area contributed by atoms with Crippen molar-refractivity contribution in [1.29, 1.82) is 0 Å². The van der Waals surface area contributed by atoms with E-state index in [-0.39, 0.29) is 11.1 Å². The molecule has 0 spiro atoms. The molecule has 0 aliphatic rings. The topological polar surface area (TPSA) is 41.3 Å². The molecule has 0 aliphatic carbocycles. The fourth-order valence-corrected chi connectivity index (χ4v) is 2.09. The lowest BCUT2D eigenvalue weighted by Gasteiger charge is -2.45. The molecule has 0 saturated carbocycles. The fourth-order valence-electron chi connectivity index (χ4n) is 2.09. The minimum Gasteiger partial charge on any atom is -0.329 e. The molecule has 0 amide bonds. The molecule has 0 aromatic heterocycles. The van der Waals surface area contributed by atoms with Gasteiger partial charge in [-0.2, -0.15) is 0 Å². The monoisotopic (exact) mass is 215 g/mol. The maximum atomic E-state index is 5.44. The van der Waals surface area contributed by atoms with E-state index in [1.54, 1.807) is 0 Å². The van der Waals surface area contributed by atoms with Gasteiger partial charge in [0.15, 0.2) is 0 Å². The van der Waals surface area contributed by atoms with Crippen molar-refractivity contribution in [3.63, 3.8) is 0 Å². The first-order chi connectivity index (χ1) is 6.69. The molecule has 15 heavy (non-hydrogen) atoms. The molecule has 0 rings (SSSR count). The summed E-state index contributed by atoms with van der Waals surface area (Å²) in [4.78, 5) is 2.52. The molecule has 3 N–H and O–H groups in total. The Kier molecular flexibility index (Phi) is 5.78. The molecule has 0 saturated heterocycles. The van der Waals surface area contributed by atoms with Gasteiger partial charge in [-0.1, -0.05) is 0 Å². The minimum atomic E-state index is 0.211. The smallest absolute Gasteiger partial charge is 0.0130 e. The van der Waals surface area contributed by atoms with Gasteiger partial charge in [-0.25, -0.2) is 0 Å². The van der Waals surface area contributed by atoms with Crippen LogP contribution in [0.3, 0.4) is 0 Å². The van der Waals surface area contributed by atoms with Crippen LogP contribution in [0.4, 0.5) is 0 Å². The molecule has 3 heteroatoms. The van der Waals surface area contributed by atoms with Crippen LogP contribution in [-0.4, -0.2) is 42.2 Å². The zero-order valence-electron chi connectivity index (χ0n) is 11.4. The van der Waals surface area contributed by atoms with E-state index in [0.29, 0.717) is 6.54 Å². The second-order valence-electron chi connectivity index (χ2n) is 6.03. The van der Waals surface area contributed by atoms with Gasteiger partial charge >= 0.3 is 0 Å². The van der Waals surface area contributed by atoms with Crippen molar-refractivity contribution >= 4 is 0 Å². The summed E-state index contributed by atoms with van der Waals surface area (Å²) in [6.07, 6.45) is 0. The van der Waals surface area contributed by atoms with Gasteiger partial charge in [0.1, 0.15) is 0 Å². The molecule has 3 nitrogen and oxygen atoms in total. The Hall–Kier alpha value is -0.120. The highest BCUT2D eigenvalue weighted by molar-refractivity contribution is 4.86. The Morgan fingerprint density at radius 1 is 0.933 bits per heavy atom. The highest BCUT2D eigenvalue weighted by atomic mass is 15.2. The van der Waals surface area contributed by atoms with Gasteiger partial charge in [0, 0.05) is 37.3 Å². The highest BCUT2D eigenvalue weighted by Crippen LogP contribution is 2.23. The van der Waals surface area contributed by atoms with E-state index in [2.05, 4.69) is 51.8 Å². The zero-order chi connectivity index (χ0) is 12.1. The molecule has 0 aliphatic heterocycles. The number of rotatable bonds is 5. The number of nitrogens with zero attached hydrogens (tertiary/aromatic N) is 1. The summed E-state index contributed by atoms with van der Waals surface area (Å²) < 4.78 is 0. The number of nitrogens with two attached hydrogens (primary N) is 1. The van der Waals surface area contributed by atoms with E-state index in [9.17, 15) is 0 Å². The van der Waals surface area contributed by atoms with Crippen LogP contribution in [0.25, 0.3) is 0 Å². The van der Waals surface area contributed by atoms with Crippen LogP contribution < -0.4 is 11.1 Å². The second kappa shape index (κ2) is 5.83. The van der Waals surface area contributed by atoms with Gasteiger partial charge in [0.2, 0.25) is 0 Å². The van der Waals surface area contributed by atoms with E-state index in [0.717, 1.165) is 19.6 Å². The Balaban J connectivity index is 4.17. The third kappa shape index (κ3) is 6.13. The number of hydrogen-bond donors (Lipinski definition) is 2. The van der Waals surface area contributed by atoms with Gasteiger partial charge in [0.05, 0.1) is 0 Å². The van der Waals surface area contributed by atoms with E-state index < -0.39 is 0 Å². The summed E-state index contributed by atoms with van der Waals surface area (Å²) in [5, 5.41) is 3.34. The van der Waals surface area contributed by atoms with E-state index >= 15 is 0 Å². The van der Waals surface area contributed by atoms with Crippen molar-refractivity contribution in [2.75, 3.05) is 26.2 Å². The first kappa shape index (κ1) is 14.9. The van der Waals surface area contributed by atoms with Crippen LogP contribution in [0.15, 0.2) is 0 Å². The number of hydrogen-bond acceptors (Lipinski definition) is 3. The molecule has 0 bridgehead atoms. The van der Waals surface area contributed by atoms with Crippen LogP contribution in [0.2, 0.25) is 0 Å². The van der Waals surface area contributed by atoms with Crippen LogP contribution in [0, 0.1) is 0 Å². The molecule has 0 radical (unpaired) electrons. The molecule has 0 fully saturated rings. The van der Waals surface area contributed by atoms with Gasteiger partial charge in [-0.15, -0.1) is 0 Å². The molecular weight excluding hydrogens is 186 g/mol. The average Bonchev–Trinajstić information content (AvgIpc) is 1.99. The molecule has 0 atom stereocenters. The predicted octanol–water partition coefficient (Wildman–Crippen LogP) is 1.43. The summed E-state index contributed by atoms with van der Waals surface area (Å²) >= 11 is 0. The first-order valence-electron chi connectivity index (χ1n) is 5.88. The summed E-state index contributed by atoms with van der Waals surface area (Å²) in [7, 11) is 0. The van der Waals surface area contributed by atoms with Crippen molar-refractivity contribution in [2.24, 2.45) is 5.73 Å². The van der Waals surface area contributed by atoms with E-state index in [1.807, 2.05) is 0 Å².